The zero-order chi connectivity index (χ0) is 33.0. The second kappa shape index (κ2) is 11.6. The van der Waals surface area contributed by atoms with Gasteiger partial charge >= 0.3 is 0 Å². The molecule has 0 N–H and O–H groups in total. The first-order valence-corrected chi connectivity index (χ1v) is 17.4. The molecule has 6 aromatic carbocycles. The smallest absolute Gasteiger partial charge is 0.161 e. The van der Waals surface area contributed by atoms with Gasteiger partial charge in [-0.25, -0.2) is 9.97 Å². The van der Waals surface area contributed by atoms with Crippen molar-refractivity contribution in [3.05, 3.63) is 164 Å². The van der Waals surface area contributed by atoms with Crippen LogP contribution in [-0.2, 0) is 0 Å². The summed E-state index contributed by atoms with van der Waals surface area (Å²) in [7, 11) is 0. The number of benzene rings is 6. The number of furan rings is 1. The molecule has 0 aliphatic rings. The van der Waals surface area contributed by atoms with Gasteiger partial charge in [-0.3, -0.25) is 4.98 Å². The van der Waals surface area contributed by atoms with Crippen molar-refractivity contribution in [2.45, 2.75) is 0 Å². The van der Waals surface area contributed by atoms with Crippen LogP contribution in [0, 0.1) is 0 Å². The Kier molecular flexibility index (Phi) is 6.64. The predicted octanol–water partition coefficient (Wildman–Crippen LogP) is 12.5. The van der Waals surface area contributed by atoms with E-state index in [0.29, 0.717) is 5.82 Å². The van der Waals surface area contributed by atoms with Crippen molar-refractivity contribution in [3.63, 3.8) is 0 Å². The van der Waals surface area contributed by atoms with Crippen LogP contribution in [0.4, 0.5) is 0 Å². The zero-order valence-electron chi connectivity index (χ0n) is 26.7. The summed E-state index contributed by atoms with van der Waals surface area (Å²) in [6.45, 7) is 0. The molecule has 0 atom stereocenters. The lowest BCUT2D eigenvalue weighted by molar-refractivity contribution is 0.670. The van der Waals surface area contributed by atoms with E-state index in [2.05, 4.69) is 114 Å². The second-order valence-corrected chi connectivity index (χ2v) is 13.4. The van der Waals surface area contributed by atoms with Gasteiger partial charge in [-0.05, 0) is 54.1 Å². The lowest BCUT2D eigenvalue weighted by atomic mass is 9.95. The summed E-state index contributed by atoms with van der Waals surface area (Å²) in [5, 5.41) is 4.56. The first-order chi connectivity index (χ1) is 24.8. The topological polar surface area (TPSA) is 51.8 Å². The Morgan fingerprint density at radius 3 is 1.90 bits per heavy atom. The summed E-state index contributed by atoms with van der Waals surface area (Å²) in [5.74, 6) is 0.650. The molecule has 4 nitrogen and oxygen atoms in total. The molecular weight excluding hydrogens is 631 g/mol. The Morgan fingerprint density at radius 1 is 0.440 bits per heavy atom. The molecule has 50 heavy (non-hydrogen) atoms. The fourth-order valence-electron chi connectivity index (χ4n) is 7.04. The molecule has 0 amide bonds. The molecule has 4 heterocycles. The van der Waals surface area contributed by atoms with E-state index < -0.39 is 0 Å². The number of pyridine rings is 1. The fraction of sp³-hybridized carbons (Fsp3) is 0. The highest BCUT2D eigenvalue weighted by molar-refractivity contribution is 7.25. The Labute approximate surface area is 292 Å². The summed E-state index contributed by atoms with van der Waals surface area (Å²) in [6.07, 6.45) is 1.82. The van der Waals surface area contributed by atoms with Crippen molar-refractivity contribution in [2.75, 3.05) is 0 Å². The number of hydrogen-bond acceptors (Lipinski definition) is 5. The number of para-hydroxylation sites is 1. The minimum atomic E-state index is 0.650. The Balaban J connectivity index is 1.21. The molecular formula is C45H27N3OS. The van der Waals surface area contributed by atoms with Gasteiger partial charge in [-0.2, -0.15) is 0 Å². The Hall–Kier alpha value is -6.43. The van der Waals surface area contributed by atoms with Gasteiger partial charge in [0.25, 0.3) is 0 Å². The fourth-order valence-corrected chi connectivity index (χ4v) is 8.18. The molecule has 0 aliphatic heterocycles. The molecule has 4 aromatic heterocycles. The minimum absolute atomic E-state index is 0.650. The van der Waals surface area contributed by atoms with Gasteiger partial charge in [-0.1, -0.05) is 109 Å². The average Bonchev–Trinajstić information content (AvgIpc) is 3.77. The molecule has 0 saturated carbocycles. The molecule has 0 saturated heterocycles. The van der Waals surface area contributed by atoms with E-state index in [1.165, 1.54) is 20.2 Å². The van der Waals surface area contributed by atoms with Gasteiger partial charge in [0.15, 0.2) is 5.82 Å². The van der Waals surface area contributed by atoms with Crippen LogP contribution in [0.3, 0.4) is 0 Å². The Morgan fingerprint density at radius 2 is 1.10 bits per heavy atom. The van der Waals surface area contributed by atoms with E-state index in [9.17, 15) is 0 Å². The number of aromatic nitrogens is 3. The van der Waals surface area contributed by atoms with Crippen LogP contribution < -0.4 is 0 Å². The van der Waals surface area contributed by atoms with Crippen LogP contribution in [0.25, 0.3) is 98.4 Å². The summed E-state index contributed by atoms with van der Waals surface area (Å²) in [5.41, 5.74) is 10.6. The molecule has 5 heteroatoms. The standard InChI is InChI=1S/C45H27N3OS/c1-2-11-28(12-3-1)37-27-38(30-22-20-29(21-23-30)36-16-8-9-26-46-36)48-45(47-37)35-25-24-32(44-43(35)33-13-4-6-17-39(33)49-44)31-15-10-19-41-42(31)34-14-5-7-18-40(34)50-41/h1-27H. The van der Waals surface area contributed by atoms with Crippen LogP contribution >= 0.6 is 11.3 Å². The van der Waals surface area contributed by atoms with Crippen molar-refractivity contribution in [1.29, 1.82) is 0 Å². The van der Waals surface area contributed by atoms with E-state index in [1.54, 1.807) is 0 Å². The summed E-state index contributed by atoms with van der Waals surface area (Å²) < 4.78 is 9.30. The normalized spacial score (nSPS) is 11.6. The first kappa shape index (κ1) is 28.6. The van der Waals surface area contributed by atoms with E-state index in [-0.39, 0.29) is 0 Å². The molecule has 0 spiro atoms. The monoisotopic (exact) mass is 657 g/mol. The second-order valence-electron chi connectivity index (χ2n) is 12.4. The predicted molar refractivity (Wildman–Crippen MR) is 207 cm³/mol. The third kappa shape index (κ3) is 4.71. The van der Waals surface area contributed by atoms with E-state index in [0.717, 1.165) is 72.4 Å². The summed E-state index contributed by atoms with van der Waals surface area (Å²) >= 11 is 1.83. The first-order valence-electron chi connectivity index (χ1n) is 16.6. The quantitative estimate of drug-likeness (QED) is 0.185. The minimum Gasteiger partial charge on any atom is -0.455 e. The molecule has 0 radical (unpaired) electrons. The van der Waals surface area contributed by atoms with Crippen LogP contribution in [0.2, 0.25) is 0 Å². The summed E-state index contributed by atoms with van der Waals surface area (Å²) in [6, 6.07) is 54.6. The van der Waals surface area contributed by atoms with Gasteiger partial charge in [0.2, 0.25) is 0 Å². The van der Waals surface area contributed by atoms with Crippen LogP contribution in [0.5, 0.6) is 0 Å². The number of rotatable bonds is 5. The molecule has 234 valence electrons. The van der Waals surface area contributed by atoms with E-state index in [4.69, 9.17) is 14.4 Å². The van der Waals surface area contributed by atoms with Crippen molar-refractivity contribution in [2.24, 2.45) is 0 Å². The maximum Gasteiger partial charge on any atom is 0.161 e. The maximum absolute atomic E-state index is 6.76. The lowest BCUT2D eigenvalue weighted by Gasteiger charge is -2.12. The van der Waals surface area contributed by atoms with Gasteiger partial charge in [0.1, 0.15) is 11.2 Å². The number of hydrogen-bond donors (Lipinski definition) is 0. The van der Waals surface area contributed by atoms with Crippen molar-refractivity contribution >= 4 is 53.4 Å². The number of fused-ring (bicyclic) bond motifs is 6. The molecule has 0 unspecified atom stereocenters. The van der Waals surface area contributed by atoms with Crippen LogP contribution in [0.1, 0.15) is 0 Å². The molecule has 0 aliphatic carbocycles. The van der Waals surface area contributed by atoms with Crippen molar-refractivity contribution < 1.29 is 4.42 Å². The van der Waals surface area contributed by atoms with Gasteiger partial charge in [-0.15, -0.1) is 11.3 Å². The van der Waals surface area contributed by atoms with Gasteiger partial charge in [0.05, 0.1) is 17.1 Å². The van der Waals surface area contributed by atoms with E-state index >= 15 is 0 Å². The lowest BCUT2D eigenvalue weighted by Crippen LogP contribution is -1.97. The maximum atomic E-state index is 6.76. The largest absolute Gasteiger partial charge is 0.455 e. The van der Waals surface area contributed by atoms with Crippen LogP contribution in [-0.4, -0.2) is 15.0 Å². The zero-order valence-corrected chi connectivity index (χ0v) is 27.6. The Bertz CT molecular complexity index is 2860. The van der Waals surface area contributed by atoms with E-state index in [1.807, 2.05) is 66.1 Å². The summed E-state index contributed by atoms with van der Waals surface area (Å²) in [4.78, 5) is 15.0. The van der Waals surface area contributed by atoms with Gasteiger partial charge in [0, 0.05) is 65.0 Å². The third-order valence-electron chi connectivity index (χ3n) is 9.40. The molecule has 0 bridgehead atoms. The highest BCUT2D eigenvalue weighted by Gasteiger charge is 2.22. The molecule has 10 aromatic rings. The highest BCUT2D eigenvalue weighted by atomic mass is 32.1. The van der Waals surface area contributed by atoms with Crippen molar-refractivity contribution in [3.8, 4) is 56.3 Å². The SMILES string of the molecule is c1ccc(-c2cc(-c3ccc(-c4ccccn4)cc3)nc(-c3ccc(-c4cccc5sc6ccccc6c45)c4oc5ccccc5c34)n2)cc1. The number of thiophene rings is 1. The van der Waals surface area contributed by atoms with Crippen LogP contribution in [0.15, 0.2) is 168 Å². The molecule has 0 fully saturated rings. The van der Waals surface area contributed by atoms with Crippen molar-refractivity contribution in [1.82, 2.24) is 15.0 Å². The highest BCUT2D eigenvalue weighted by Crippen LogP contribution is 2.46. The van der Waals surface area contributed by atoms with Gasteiger partial charge < -0.3 is 4.42 Å². The third-order valence-corrected chi connectivity index (χ3v) is 10.5. The average molecular weight is 658 g/mol. The number of nitrogens with zero attached hydrogens (tertiary/aromatic N) is 3. The molecule has 10 rings (SSSR count).